The van der Waals surface area contributed by atoms with Crippen molar-refractivity contribution in [3.05, 3.63) is 0 Å². The maximum atomic E-state index is 14.8. The second-order valence-electron chi connectivity index (χ2n) is 16.1. The van der Waals surface area contributed by atoms with Gasteiger partial charge in [-0.25, -0.2) is 9.18 Å². The van der Waals surface area contributed by atoms with Gasteiger partial charge in [0.15, 0.2) is 6.17 Å². The van der Waals surface area contributed by atoms with Gasteiger partial charge in [-0.3, -0.25) is 4.79 Å². The first kappa shape index (κ1) is 49.8. The van der Waals surface area contributed by atoms with Crippen LogP contribution in [-0.2, 0) is 14.3 Å². The third-order valence-corrected chi connectivity index (χ3v) is 10.9. The van der Waals surface area contributed by atoms with Crippen LogP contribution in [-0.4, -0.2) is 67.7 Å². The summed E-state index contributed by atoms with van der Waals surface area (Å²) in [6.07, 6.45) is 33.2. The number of hydrogen-bond acceptors (Lipinski definition) is 4. The molecule has 0 aliphatic heterocycles. The molecule has 2 atom stereocenters. The Morgan fingerprint density at radius 3 is 1.45 bits per heavy atom. The smallest absolute Gasteiger partial charge is 0.340 e. The van der Waals surface area contributed by atoms with E-state index in [1.807, 2.05) is 0 Å². The highest BCUT2D eigenvalue weighted by Gasteiger charge is 2.23. The van der Waals surface area contributed by atoms with Crippen LogP contribution < -0.4 is 0 Å². The van der Waals surface area contributed by atoms with Crippen LogP contribution in [0.5, 0.6) is 0 Å². The molecule has 0 saturated carbocycles. The van der Waals surface area contributed by atoms with E-state index in [2.05, 4.69) is 51.6 Å². The molecule has 0 aliphatic carbocycles. The summed E-state index contributed by atoms with van der Waals surface area (Å²) < 4.78 is 20.2. The standard InChI is InChI=1S/C45H89FN2O3/c1-7-11-15-17-19-20-26-33-42(48(39-29-23-18-16-12-8-2)44(49)36-30-38-47(5)6)34-27-21-22-28-35-43(46)45(50)51-40-37-41(31-24-13-9-3)32-25-14-10-4/h41-43H,7-40H2,1-6H3. The second-order valence-corrected chi connectivity index (χ2v) is 16.1. The van der Waals surface area contributed by atoms with E-state index >= 15 is 0 Å². The van der Waals surface area contributed by atoms with Crippen LogP contribution in [0.25, 0.3) is 0 Å². The summed E-state index contributed by atoms with van der Waals surface area (Å²) in [6, 6.07) is 0.305. The van der Waals surface area contributed by atoms with Crippen LogP contribution in [0.3, 0.4) is 0 Å². The van der Waals surface area contributed by atoms with Crippen molar-refractivity contribution in [2.75, 3.05) is 33.8 Å². The Morgan fingerprint density at radius 1 is 0.510 bits per heavy atom. The highest BCUT2D eigenvalue weighted by molar-refractivity contribution is 5.76. The van der Waals surface area contributed by atoms with Crippen molar-refractivity contribution in [1.29, 1.82) is 0 Å². The average Bonchev–Trinajstić information content (AvgIpc) is 3.11. The zero-order chi connectivity index (χ0) is 37.8. The number of carbonyl (C=O) groups is 2. The van der Waals surface area contributed by atoms with Crippen molar-refractivity contribution in [1.82, 2.24) is 9.80 Å². The molecule has 6 heteroatoms. The zero-order valence-electron chi connectivity index (χ0n) is 35.3. The quantitative estimate of drug-likeness (QED) is 0.0468. The predicted octanol–water partition coefficient (Wildman–Crippen LogP) is 13.4. The summed E-state index contributed by atoms with van der Waals surface area (Å²) in [5, 5.41) is 0. The Kier molecular flexibility index (Phi) is 36.3. The fourth-order valence-electron chi connectivity index (χ4n) is 7.45. The lowest BCUT2D eigenvalue weighted by Crippen LogP contribution is -2.41. The summed E-state index contributed by atoms with van der Waals surface area (Å²) in [4.78, 5) is 30.5. The molecule has 0 radical (unpaired) electrons. The number of ether oxygens (including phenoxy) is 1. The SMILES string of the molecule is CCCCCCCCCC(CCCCCCC(F)C(=O)OCCC(CCCCC)CCCCC)N(CCCCCCCC)C(=O)CCCN(C)C. The second kappa shape index (κ2) is 37.2. The van der Waals surface area contributed by atoms with Crippen molar-refractivity contribution in [2.24, 2.45) is 5.92 Å². The van der Waals surface area contributed by atoms with Gasteiger partial charge in [0, 0.05) is 19.0 Å². The Hall–Kier alpha value is -1.17. The number of nitrogens with zero attached hydrogens (tertiary/aromatic N) is 2. The first-order valence-corrected chi connectivity index (χ1v) is 22.5. The molecule has 1 amide bonds. The number of hydrogen-bond donors (Lipinski definition) is 0. The van der Waals surface area contributed by atoms with Gasteiger partial charge in [0.1, 0.15) is 0 Å². The minimum absolute atomic E-state index is 0.255. The van der Waals surface area contributed by atoms with Crippen molar-refractivity contribution in [2.45, 2.75) is 239 Å². The van der Waals surface area contributed by atoms with Gasteiger partial charge >= 0.3 is 5.97 Å². The van der Waals surface area contributed by atoms with Crippen molar-refractivity contribution < 1.29 is 18.7 Å². The molecule has 0 bridgehead atoms. The van der Waals surface area contributed by atoms with Gasteiger partial charge in [-0.05, 0) is 71.5 Å². The van der Waals surface area contributed by atoms with Crippen LogP contribution in [0.4, 0.5) is 4.39 Å². The monoisotopic (exact) mass is 725 g/mol. The topological polar surface area (TPSA) is 49.9 Å². The van der Waals surface area contributed by atoms with Crippen LogP contribution >= 0.6 is 0 Å². The molecule has 0 aromatic carbocycles. The molecule has 2 unspecified atom stereocenters. The van der Waals surface area contributed by atoms with E-state index in [0.29, 0.717) is 37.3 Å². The van der Waals surface area contributed by atoms with E-state index < -0.39 is 12.1 Å². The fraction of sp³-hybridized carbons (Fsp3) is 0.956. The minimum Gasteiger partial charge on any atom is -0.464 e. The lowest BCUT2D eigenvalue weighted by Gasteiger charge is -2.33. The third kappa shape index (κ3) is 30.9. The van der Waals surface area contributed by atoms with E-state index in [-0.39, 0.29) is 6.42 Å². The van der Waals surface area contributed by atoms with Gasteiger partial charge in [0.2, 0.25) is 5.91 Å². The number of amides is 1. The van der Waals surface area contributed by atoms with Gasteiger partial charge in [-0.1, -0.05) is 175 Å². The maximum Gasteiger partial charge on any atom is 0.340 e. The minimum atomic E-state index is -1.51. The average molecular weight is 725 g/mol. The molecule has 0 aliphatic rings. The molecular weight excluding hydrogens is 636 g/mol. The fourth-order valence-corrected chi connectivity index (χ4v) is 7.45. The Balaban J connectivity index is 4.93. The number of rotatable bonds is 39. The highest BCUT2D eigenvalue weighted by atomic mass is 19.1. The lowest BCUT2D eigenvalue weighted by atomic mass is 9.92. The lowest BCUT2D eigenvalue weighted by molar-refractivity contribution is -0.150. The van der Waals surface area contributed by atoms with Gasteiger partial charge in [0.05, 0.1) is 6.61 Å². The van der Waals surface area contributed by atoms with Gasteiger partial charge in [0.25, 0.3) is 0 Å². The molecule has 0 aromatic heterocycles. The van der Waals surface area contributed by atoms with Crippen LogP contribution in [0, 0.1) is 5.92 Å². The van der Waals surface area contributed by atoms with Crippen molar-refractivity contribution in [3.63, 3.8) is 0 Å². The Labute approximate surface area is 318 Å². The number of esters is 1. The maximum absolute atomic E-state index is 14.8. The first-order chi connectivity index (χ1) is 24.8. The Bertz CT molecular complexity index is 754. The Morgan fingerprint density at radius 2 is 0.941 bits per heavy atom. The summed E-state index contributed by atoms with van der Waals surface area (Å²) in [5.74, 6) is 0.257. The van der Waals surface area contributed by atoms with E-state index in [0.717, 1.165) is 64.5 Å². The van der Waals surface area contributed by atoms with Crippen LogP contribution in [0.15, 0.2) is 0 Å². The zero-order valence-corrected chi connectivity index (χ0v) is 35.3. The molecular formula is C45H89FN2O3. The van der Waals surface area contributed by atoms with Crippen molar-refractivity contribution >= 4 is 11.9 Å². The summed E-state index contributed by atoms with van der Waals surface area (Å²) in [5.41, 5.74) is 0. The first-order valence-electron chi connectivity index (χ1n) is 22.5. The molecule has 304 valence electrons. The van der Waals surface area contributed by atoms with Gasteiger partial charge in [-0.2, -0.15) is 0 Å². The molecule has 0 aromatic rings. The number of unbranched alkanes of at least 4 members (excludes halogenated alkanes) is 18. The van der Waals surface area contributed by atoms with Crippen molar-refractivity contribution in [3.8, 4) is 0 Å². The normalized spacial score (nSPS) is 12.9. The number of alkyl halides is 1. The van der Waals surface area contributed by atoms with E-state index in [1.165, 1.54) is 128 Å². The molecule has 0 heterocycles. The largest absolute Gasteiger partial charge is 0.464 e. The summed E-state index contributed by atoms with van der Waals surface area (Å²) in [7, 11) is 4.16. The molecule has 0 spiro atoms. The molecule has 51 heavy (non-hydrogen) atoms. The summed E-state index contributed by atoms with van der Waals surface area (Å²) in [6.45, 7) is 11.2. The van der Waals surface area contributed by atoms with E-state index in [1.54, 1.807) is 0 Å². The van der Waals surface area contributed by atoms with E-state index in [4.69, 9.17) is 4.74 Å². The van der Waals surface area contributed by atoms with Crippen LogP contribution in [0.2, 0.25) is 0 Å². The highest BCUT2D eigenvalue weighted by Crippen LogP contribution is 2.23. The molecule has 0 rings (SSSR count). The number of carbonyl (C=O) groups excluding carboxylic acids is 2. The van der Waals surface area contributed by atoms with Gasteiger partial charge < -0.3 is 14.5 Å². The third-order valence-electron chi connectivity index (χ3n) is 10.9. The molecule has 5 nitrogen and oxygen atoms in total. The van der Waals surface area contributed by atoms with E-state index in [9.17, 15) is 14.0 Å². The number of halogens is 1. The summed E-state index contributed by atoms with van der Waals surface area (Å²) >= 11 is 0. The molecule has 0 N–H and O–H groups in total. The molecule has 0 saturated heterocycles. The predicted molar refractivity (Wildman–Crippen MR) is 219 cm³/mol. The van der Waals surface area contributed by atoms with Gasteiger partial charge in [-0.15, -0.1) is 0 Å². The molecule has 0 fully saturated rings. The van der Waals surface area contributed by atoms with Crippen LogP contribution in [0.1, 0.15) is 227 Å².